The van der Waals surface area contributed by atoms with Crippen molar-refractivity contribution in [2.45, 2.75) is 48.1 Å². The second-order valence-corrected chi connectivity index (χ2v) is 11.2. The van der Waals surface area contributed by atoms with Gasteiger partial charge in [0.15, 0.2) is 20.8 Å². The second-order valence-electron chi connectivity index (χ2n) is 7.64. The topological polar surface area (TPSA) is 101 Å². The molecule has 3 aliphatic heterocycles. The Hall–Kier alpha value is -2.07. The first-order chi connectivity index (χ1) is 13.6. The molecular formula is C19H22N2O6S2. The molecule has 3 atom stereocenters. The van der Waals surface area contributed by atoms with Gasteiger partial charge < -0.3 is 9.64 Å². The Morgan fingerprint density at radius 3 is 2.76 bits per heavy atom. The highest BCUT2D eigenvalue weighted by atomic mass is 32.2. The Balaban J connectivity index is 1.49. The van der Waals surface area contributed by atoms with Crippen molar-refractivity contribution in [3.05, 3.63) is 24.3 Å². The van der Waals surface area contributed by atoms with E-state index in [1.807, 2.05) is 18.2 Å². The summed E-state index contributed by atoms with van der Waals surface area (Å²) in [6, 6.07) is 6.88. The standard InChI is InChI=1S/C19H22N2O6S2/c1-12(17(23)20(2)13-8-10-29(25,26)11-13)27-18(24)19-9-7-16(22)21(19)14-5-3-4-6-15(14)28-19/h3-6,12-13H,7-11H2,1-2H3. The number of carbonyl (C=O) groups excluding carboxylic acids is 3. The number of hydrogen-bond donors (Lipinski definition) is 0. The minimum Gasteiger partial charge on any atom is -0.450 e. The van der Waals surface area contributed by atoms with Crippen LogP contribution in [0.1, 0.15) is 26.2 Å². The summed E-state index contributed by atoms with van der Waals surface area (Å²) in [7, 11) is -1.60. The van der Waals surface area contributed by atoms with Crippen LogP contribution in [0.5, 0.6) is 0 Å². The molecule has 156 valence electrons. The zero-order valence-electron chi connectivity index (χ0n) is 16.2. The van der Waals surface area contributed by atoms with Gasteiger partial charge in [-0.3, -0.25) is 14.5 Å². The first-order valence-corrected chi connectivity index (χ1v) is 12.1. The first kappa shape index (κ1) is 20.2. The maximum absolute atomic E-state index is 13.1. The minimum absolute atomic E-state index is 0.0541. The number of hydrogen-bond acceptors (Lipinski definition) is 7. The summed E-state index contributed by atoms with van der Waals surface area (Å²) < 4.78 is 28.9. The zero-order chi connectivity index (χ0) is 21.0. The lowest BCUT2D eigenvalue weighted by Gasteiger charge is -2.31. The third-order valence-electron chi connectivity index (χ3n) is 5.73. The van der Waals surface area contributed by atoms with Gasteiger partial charge in [0.1, 0.15) is 0 Å². The molecule has 0 spiro atoms. The maximum Gasteiger partial charge on any atom is 0.344 e. The number of rotatable bonds is 4. The third kappa shape index (κ3) is 3.31. The zero-order valence-corrected chi connectivity index (χ0v) is 17.8. The number of amides is 2. The van der Waals surface area contributed by atoms with Gasteiger partial charge >= 0.3 is 5.97 Å². The molecule has 0 aromatic heterocycles. The van der Waals surface area contributed by atoms with Crippen LogP contribution in [0.25, 0.3) is 0 Å². The van der Waals surface area contributed by atoms with Crippen molar-refractivity contribution in [3.63, 3.8) is 0 Å². The molecule has 3 unspecified atom stereocenters. The Bertz CT molecular complexity index is 994. The SMILES string of the molecule is CC(OC(=O)C12CCC(=O)N1c1ccccc1S2)C(=O)N(C)C1CCS(=O)(=O)C1. The molecule has 10 heteroatoms. The van der Waals surface area contributed by atoms with Crippen LogP contribution >= 0.6 is 11.8 Å². The fraction of sp³-hybridized carbons (Fsp3) is 0.526. The number of esters is 1. The van der Waals surface area contributed by atoms with Gasteiger partial charge in [-0.05, 0) is 25.5 Å². The molecule has 0 N–H and O–H groups in total. The summed E-state index contributed by atoms with van der Waals surface area (Å²) in [6.07, 6.45) is -0.157. The quantitative estimate of drug-likeness (QED) is 0.651. The fourth-order valence-electron chi connectivity index (χ4n) is 4.12. The van der Waals surface area contributed by atoms with E-state index in [2.05, 4.69) is 0 Å². The number of carbonyl (C=O) groups is 3. The van der Waals surface area contributed by atoms with Crippen LogP contribution in [0.4, 0.5) is 5.69 Å². The van der Waals surface area contributed by atoms with E-state index in [9.17, 15) is 22.8 Å². The van der Waals surface area contributed by atoms with Crippen LogP contribution in [0.2, 0.25) is 0 Å². The molecule has 2 amide bonds. The lowest BCUT2D eigenvalue weighted by molar-refractivity contribution is -0.161. The Kier molecular flexibility index (Phi) is 4.89. The van der Waals surface area contributed by atoms with Crippen molar-refractivity contribution >= 4 is 45.1 Å². The monoisotopic (exact) mass is 438 g/mol. The lowest BCUT2D eigenvalue weighted by atomic mass is 10.2. The van der Waals surface area contributed by atoms with Gasteiger partial charge in [-0.15, -0.1) is 0 Å². The average molecular weight is 439 g/mol. The van der Waals surface area contributed by atoms with E-state index in [0.29, 0.717) is 18.5 Å². The molecule has 3 aliphatic rings. The molecule has 0 aliphatic carbocycles. The molecule has 4 rings (SSSR count). The third-order valence-corrected chi connectivity index (χ3v) is 8.93. The highest BCUT2D eigenvalue weighted by molar-refractivity contribution is 8.02. The van der Waals surface area contributed by atoms with E-state index in [-0.39, 0.29) is 23.8 Å². The summed E-state index contributed by atoms with van der Waals surface area (Å²) in [4.78, 5) is 40.8. The van der Waals surface area contributed by atoms with Gasteiger partial charge in [0.2, 0.25) is 5.91 Å². The number of fused-ring (bicyclic) bond motifs is 3. The van der Waals surface area contributed by atoms with Crippen LogP contribution in [0.3, 0.4) is 0 Å². The molecule has 8 nitrogen and oxygen atoms in total. The van der Waals surface area contributed by atoms with E-state index in [4.69, 9.17) is 4.74 Å². The molecule has 2 saturated heterocycles. The van der Waals surface area contributed by atoms with E-state index in [1.165, 1.54) is 35.5 Å². The number of likely N-dealkylation sites (N-methyl/N-ethyl adjacent to an activating group) is 1. The van der Waals surface area contributed by atoms with Gasteiger partial charge in [-0.2, -0.15) is 0 Å². The Labute approximate surface area is 173 Å². The van der Waals surface area contributed by atoms with Crippen molar-refractivity contribution in [2.75, 3.05) is 23.5 Å². The number of benzene rings is 1. The summed E-state index contributed by atoms with van der Waals surface area (Å²) in [5.74, 6) is -1.25. The summed E-state index contributed by atoms with van der Waals surface area (Å²) in [6.45, 7) is 1.48. The van der Waals surface area contributed by atoms with E-state index in [0.717, 1.165) is 4.90 Å². The van der Waals surface area contributed by atoms with Crippen molar-refractivity contribution in [3.8, 4) is 0 Å². The number of ether oxygens (including phenoxy) is 1. The molecule has 29 heavy (non-hydrogen) atoms. The van der Waals surface area contributed by atoms with E-state index >= 15 is 0 Å². The van der Waals surface area contributed by atoms with Crippen LogP contribution in [0.15, 0.2) is 29.2 Å². The predicted molar refractivity (Wildman–Crippen MR) is 107 cm³/mol. The van der Waals surface area contributed by atoms with Gasteiger partial charge in [0.25, 0.3) is 5.91 Å². The van der Waals surface area contributed by atoms with Crippen molar-refractivity contribution in [1.82, 2.24) is 4.90 Å². The van der Waals surface area contributed by atoms with Crippen molar-refractivity contribution < 1.29 is 27.5 Å². The molecule has 0 saturated carbocycles. The molecule has 2 fully saturated rings. The maximum atomic E-state index is 13.1. The van der Waals surface area contributed by atoms with Crippen LogP contribution < -0.4 is 4.90 Å². The van der Waals surface area contributed by atoms with E-state index in [1.54, 1.807) is 6.07 Å². The minimum atomic E-state index is -3.13. The Morgan fingerprint density at radius 1 is 1.34 bits per heavy atom. The number of nitrogens with zero attached hydrogens (tertiary/aromatic N) is 2. The average Bonchev–Trinajstić information content (AvgIpc) is 3.32. The molecule has 0 bridgehead atoms. The van der Waals surface area contributed by atoms with Crippen LogP contribution in [-0.2, 0) is 29.0 Å². The number of thioether (sulfide) groups is 1. The van der Waals surface area contributed by atoms with Crippen molar-refractivity contribution in [1.29, 1.82) is 0 Å². The van der Waals surface area contributed by atoms with Crippen LogP contribution in [0, 0.1) is 0 Å². The molecular weight excluding hydrogens is 416 g/mol. The first-order valence-electron chi connectivity index (χ1n) is 9.44. The van der Waals surface area contributed by atoms with Gasteiger partial charge in [0, 0.05) is 30.8 Å². The number of sulfone groups is 1. The molecule has 1 aromatic rings. The molecule has 3 heterocycles. The van der Waals surface area contributed by atoms with Crippen LogP contribution in [-0.4, -0.2) is 66.7 Å². The van der Waals surface area contributed by atoms with Gasteiger partial charge in [0.05, 0.1) is 17.2 Å². The highest BCUT2D eigenvalue weighted by Crippen LogP contribution is 2.56. The molecule has 1 aromatic carbocycles. The Morgan fingerprint density at radius 2 is 2.07 bits per heavy atom. The summed E-state index contributed by atoms with van der Waals surface area (Å²) in [5.41, 5.74) is 0.684. The second kappa shape index (κ2) is 7.02. The van der Waals surface area contributed by atoms with Gasteiger partial charge in [-0.1, -0.05) is 23.9 Å². The summed E-state index contributed by atoms with van der Waals surface area (Å²) in [5, 5.41) is 0. The largest absolute Gasteiger partial charge is 0.450 e. The van der Waals surface area contributed by atoms with Gasteiger partial charge in [-0.25, -0.2) is 13.2 Å². The fourth-order valence-corrected chi connectivity index (χ4v) is 7.30. The lowest BCUT2D eigenvalue weighted by Crippen LogP contribution is -2.51. The van der Waals surface area contributed by atoms with E-state index < -0.39 is 38.7 Å². The highest BCUT2D eigenvalue weighted by Gasteiger charge is 2.59. The smallest absolute Gasteiger partial charge is 0.344 e. The summed E-state index contributed by atoms with van der Waals surface area (Å²) >= 11 is 1.28. The predicted octanol–water partition coefficient (Wildman–Crippen LogP) is 1.19. The molecule has 0 radical (unpaired) electrons. The van der Waals surface area contributed by atoms with Crippen molar-refractivity contribution in [2.24, 2.45) is 0 Å². The normalized spacial score (nSPS) is 28.0. The number of anilines is 1. The number of para-hydroxylation sites is 1.